The highest BCUT2D eigenvalue weighted by molar-refractivity contribution is 9.10. The van der Waals surface area contributed by atoms with Crippen molar-refractivity contribution in [1.82, 2.24) is 0 Å². The van der Waals surface area contributed by atoms with Crippen LogP contribution in [0, 0.1) is 0 Å². The number of benzene rings is 1. The summed E-state index contributed by atoms with van der Waals surface area (Å²) in [7, 11) is 1.68. The average molecular weight is 371 g/mol. The molecule has 0 saturated heterocycles. The Morgan fingerprint density at radius 3 is 2.45 bits per heavy atom. The van der Waals surface area contributed by atoms with Crippen LogP contribution in [0.5, 0.6) is 11.5 Å². The van der Waals surface area contributed by atoms with Gasteiger partial charge >= 0.3 is 0 Å². The highest BCUT2D eigenvalue weighted by Gasteiger charge is 2.16. The smallest absolute Gasteiger partial charge is 0.174 e. The first-order valence-electron chi connectivity index (χ1n) is 8.57. The second kappa shape index (κ2) is 9.41. The van der Waals surface area contributed by atoms with Crippen molar-refractivity contribution in [1.29, 1.82) is 0 Å². The van der Waals surface area contributed by atoms with Crippen LogP contribution in [0.2, 0.25) is 0 Å². The van der Waals surface area contributed by atoms with Crippen molar-refractivity contribution < 1.29 is 14.8 Å². The van der Waals surface area contributed by atoms with Crippen LogP contribution in [-0.2, 0) is 6.54 Å². The summed E-state index contributed by atoms with van der Waals surface area (Å²) in [6.45, 7) is 3.66. The first kappa shape index (κ1) is 17.6. The van der Waals surface area contributed by atoms with Gasteiger partial charge in [-0.25, -0.2) is 0 Å². The molecule has 0 aliphatic heterocycles. The van der Waals surface area contributed by atoms with Gasteiger partial charge in [-0.05, 0) is 60.7 Å². The monoisotopic (exact) mass is 370 g/mol. The number of hydrogen-bond acceptors (Lipinski definition) is 2. The lowest BCUT2D eigenvalue weighted by Gasteiger charge is -2.19. The maximum absolute atomic E-state index is 5.71. The third-order valence-corrected chi connectivity index (χ3v) is 5.00. The Kier molecular flexibility index (Phi) is 7.53. The predicted molar refractivity (Wildman–Crippen MR) is 93.6 cm³/mol. The molecular weight excluding hydrogens is 342 g/mol. The number of rotatable bonds is 6. The largest absolute Gasteiger partial charge is 0.492 e. The summed E-state index contributed by atoms with van der Waals surface area (Å²) in [5, 5.41) is 2.51. The lowest BCUT2D eigenvalue weighted by atomic mass is 9.96. The normalized spacial score (nSPS) is 16.9. The molecule has 1 aliphatic carbocycles. The van der Waals surface area contributed by atoms with E-state index < -0.39 is 0 Å². The van der Waals surface area contributed by atoms with E-state index in [2.05, 4.69) is 33.4 Å². The number of quaternary nitrogens is 1. The van der Waals surface area contributed by atoms with Gasteiger partial charge in [-0.2, -0.15) is 0 Å². The summed E-state index contributed by atoms with van der Waals surface area (Å²) in [5.41, 5.74) is 1.29. The minimum Gasteiger partial charge on any atom is -0.492 e. The zero-order valence-corrected chi connectivity index (χ0v) is 15.5. The molecule has 0 aromatic heterocycles. The van der Waals surface area contributed by atoms with E-state index in [9.17, 15) is 0 Å². The van der Waals surface area contributed by atoms with E-state index in [1.165, 1.54) is 50.5 Å². The molecular formula is C18H29BrNO2+. The first-order chi connectivity index (χ1) is 10.7. The fourth-order valence-corrected chi connectivity index (χ4v) is 3.88. The maximum atomic E-state index is 5.71. The third-order valence-electron chi connectivity index (χ3n) is 4.41. The van der Waals surface area contributed by atoms with Crippen molar-refractivity contribution >= 4 is 15.9 Å². The number of hydrogen-bond donors (Lipinski definition) is 1. The predicted octanol–water partition coefficient (Wildman–Crippen LogP) is 4.03. The minimum atomic E-state index is 0.651. The van der Waals surface area contributed by atoms with Crippen LogP contribution in [0.15, 0.2) is 16.6 Å². The van der Waals surface area contributed by atoms with Crippen molar-refractivity contribution in [3.63, 3.8) is 0 Å². The number of methoxy groups -OCH3 is 1. The summed E-state index contributed by atoms with van der Waals surface area (Å²) >= 11 is 3.60. The topological polar surface area (TPSA) is 35.1 Å². The van der Waals surface area contributed by atoms with Crippen LogP contribution in [0.25, 0.3) is 0 Å². The maximum Gasteiger partial charge on any atom is 0.174 e. The van der Waals surface area contributed by atoms with E-state index in [0.29, 0.717) is 6.61 Å². The Bertz CT molecular complexity index is 457. The molecule has 1 aromatic carbocycles. The van der Waals surface area contributed by atoms with Gasteiger partial charge in [-0.3, -0.25) is 0 Å². The van der Waals surface area contributed by atoms with Crippen LogP contribution in [-0.4, -0.2) is 19.8 Å². The third kappa shape index (κ3) is 5.17. The van der Waals surface area contributed by atoms with Crippen LogP contribution < -0.4 is 14.8 Å². The van der Waals surface area contributed by atoms with E-state index in [-0.39, 0.29) is 0 Å². The number of nitrogens with two attached hydrogens (primary N) is 1. The molecule has 22 heavy (non-hydrogen) atoms. The molecule has 4 heteroatoms. The summed E-state index contributed by atoms with van der Waals surface area (Å²) in [6.07, 6.45) is 9.73. The number of halogens is 1. The Labute approximate surface area is 142 Å². The quantitative estimate of drug-likeness (QED) is 0.819. The SMILES string of the molecule is CCOc1cc(C[NH2+]C2CCCCCCC2)cc(Br)c1OC. The number of ether oxygens (including phenoxy) is 2. The van der Waals surface area contributed by atoms with Crippen molar-refractivity contribution in [2.75, 3.05) is 13.7 Å². The van der Waals surface area contributed by atoms with Crippen LogP contribution in [0.3, 0.4) is 0 Å². The van der Waals surface area contributed by atoms with Gasteiger partial charge in [-0.15, -0.1) is 0 Å². The molecule has 0 unspecified atom stereocenters. The molecule has 1 aromatic rings. The molecule has 1 aliphatic rings. The molecule has 0 radical (unpaired) electrons. The van der Waals surface area contributed by atoms with E-state index >= 15 is 0 Å². The van der Waals surface area contributed by atoms with Gasteiger partial charge in [0, 0.05) is 5.56 Å². The fraction of sp³-hybridized carbons (Fsp3) is 0.667. The van der Waals surface area contributed by atoms with Crippen molar-refractivity contribution in [2.24, 2.45) is 0 Å². The summed E-state index contributed by atoms with van der Waals surface area (Å²) in [6, 6.07) is 5.05. The van der Waals surface area contributed by atoms with Crippen LogP contribution in [0.4, 0.5) is 0 Å². The van der Waals surface area contributed by atoms with Gasteiger partial charge in [0.15, 0.2) is 11.5 Å². The second-order valence-electron chi connectivity index (χ2n) is 6.09. The van der Waals surface area contributed by atoms with Gasteiger partial charge in [0.25, 0.3) is 0 Å². The Morgan fingerprint density at radius 1 is 1.14 bits per heavy atom. The van der Waals surface area contributed by atoms with Crippen molar-refractivity contribution in [2.45, 2.75) is 64.5 Å². The molecule has 0 spiro atoms. The average Bonchev–Trinajstić information content (AvgIpc) is 2.46. The molecule has 2 N–H and O–H groups in total. The van der Waals surface area contributed by atoms with Gasteiger partial charge < -0.3 is 14.8 Å². The van der Waals surface area contributed by atoms with Gasteiger partial charge in [0.2, 0.25) is 0 Å². The molecule has 0 bridgehead atoms. The van der Waals surface area contributed by atoms with Crippen LogP contribution in [0.1, 0.15) is 57.4 Å². The van der Waals surface area contributed by atoms with Crippen molar-refractivity contribution in [3.05, 3.63) is 22.2 Å². The molecule has 1 saturated carbocycles. The molecule has 3 nitrogen and oxygen atoms in total. The van der Waals surface area contributed by atoms with E-state index in [1.807, 2.05) is 6.92 Å². The van der Waals surface area contributed by atoms with E-state index in [4.69, 9.17) is 9.47 Å². The van der Waals surface area contributed by atoms with E-state index in [1.54, 1.807) is 7.11 Å². The second-order valence-corrected chi connectivity index (χ2v) is 6.94. The molecule has 0 atom stereocenters. The minimum absolute atomic E-state index is 0.651. The summed E-state index contributed by atoms with van der Waals surface area (Å²) in [5.74, 6) is 1.62. The first-order valence-corrected chi connectivity index (χ1v) is 9.36. The summed E-state index contributed by atoms with van der Waals surface area (Å²) < 4.78 is 12.1. The molecule has 0 heterocycles. The molecule has 2 rings (SSSR count). The Morgan fingerprint density at radius 2 is 1.82 bits per heavy atom. The lowest BCUT2D eigenvalue weighted by Crippen LogP contribution is -2.88. The van der Waals surface area contributed by atoms with Crippen LogP contribution >= 0.6 is 15.9 Å². The fourth-order valence-electron chi connectivity index (χ4n) is 3.23. The Balaban J connectivity index is 1.99. The molecule has 1 fully saturated rings. The molecule has 0 amide bonds. The highest BCUT2D eigenvalue weighted by Crippen LogP contribution is 2.36. The van der Waals surface area contributed by atoms with Crippen molar-refractivity contribution in [3.8, 4) is 11.5 Å². The molecule has 124 valence electrons. The Hall–Kier alpha value is -0.740. The zero-order valence-electron chi connectivity index (χ0n) is 13.9. The standard InChI is InChI=1S/C18H28BrNO2/c1-3-22-17-12-14(11-16(19)18(17)21-2)13-20-15-9-7-5-4-6-8-10-15/h11-12,15,20H,3-10,13H2,1-2H3/p+1. The zero-order chi connectivity index (χ0) is 15.8. The van der Waals surface area contributed by atoms with E-state index in [0.717, 1.165) is 28.6 Å². The van der Waals surface area contributed by atoms with Gasteiger partial charge in [-0.1, -0.05) is 19.3 Å². The van der Waals surface area contributed by atoms with Gasteiger partial charge in [0.05, 0.1) is 24.2 Å². The van der Waals surface area contributed by atoms with Gasteiger partial charge in [0.1, 0.15) is 6.54 Å². The highest BCUT2D eigenvalue weighted by atomic mass is 79.9. The lowest BCUT2D eigenvalue weighted by molar-refractivity contribution is -0.706. The summed E-state index contributed by atoms with van der Waals surface area (Å²) in [4.78, 5) is 0.